The van der Waals surface area contributed by atoms with Crippen molar-refractivity contribution in [3.05, 3.63) is 30.1 Å². The van der Waals surface area contributed by atoms with Gasteiger partial charge in [0, 0.05) is 24.0 Å². The van der Waals surface area contributed by atoms with Gasteiger partial charge in [-0.05, 0) is 31.7 Å². The molecule has 2 rings (SSSR count). The molecule has 1 aromatic rings. The van der Waals surface area contributed by atoms with Gasteiger partial charge in [-0.25, -0.2) is 0 Å². The lowest BCUT2D eigenvalue weighted by Crippen LogP contribution is -2.36. The van der Waals surface area contributed by atoms with Crippen LogP contribution in [0.4, 0.5) is 0 Å². The molecule has 3 nitrogen and oxygen atoms in total. The Bertz CT molecular complexity index is 291. The van der Waals surface area contributed by atoms with Gasteiger partial charge >= 0.3 is 0 Å². The summed E-state index contributed by atoms with van der Waals surface area (Å²) in [6.07, 6.45) is 6.76. The van der Waals surface area contributed by atoms with E-state index in [0.717, 1.165) is 31.2 Å². The van der Waals surface area contributed by atoms with Crippen LogP contribution in [0.5, 0.6) is 0 Å². The molecule has 0 saturated heterocycles. The summed E-state index contributed by atoms with van der Waals surface area (Å²) in [5.41, 5.74) is 6.04. The van der Waals surface area contributed by atoms with E-state index in [1.165, 1.54) is 0 Å². The Labute approximate surface area is 84.0 Å². The number of nitrogens with zero attached hydrogens (tertiary/aromatic N) is 1. The number of nitrogens with two attached hydrogens (primary N) is 1. The van der Waals surface area contributed by atoms with Crippen LogP contribution in [0.15, 0.2) is 24.5 Å². The zero-order chi connectivity index (χ0) is 10.0. The fourth-order valence-electron chi connectivity index (χ4n) is 2.04. The summed E-state index contributed by atoms with van der Waals surface area (Å²) < 4.78 is 0. The number of hydrogen-bond donors (Lipinski definition) is 2. The summed E-state index contributed by atoms with van der Waals surface area (Å²) in [6, 6.07) is 4.05. The standard InChI is InChI=1S/C11H16N2O/c12-10-3-5-11(14,6-4-10)9-2-1-7-13-8-9/h1-2,7-8,10,14H,3-6,12H2. The topological polar surface area (TPSA) is 59.1 Å². The maximum atomic E-state index is 10.4. The summed E-state index contributed by atoms with van der Waals surface area (Å²) >= 11 is 0. The van der Waals surface area contributed by atoms with E-state index in [1.807, 2.05) is 12.1 Å². The number of pyridine rings is 1. The van der Waals surface area contributed by atoms with Gasteiger partial charge in [0.05, 0.1) is 5.60 Å². The Morgan fingerprint density at radius 2 is 2.14 bits per heavy atom. The second-order valence-electron chi connectivity index (χ2n) is 4.11. The second kappa shape index (κ2) is 3.67. The molecule has 3 heteroatoms. The van der Waals surface area contributed by atoms with Gasteiger partial charge < -0.3 is 10.8 Å². The number of rotatable bonds is 1. The molecular formula is C11H16N2O. The zero-order valence-electron chi connectivity index (χ0n) is 8.19. The lowest BCUT2D eigenvalue weighted by Gasteiger charge is -2.34. The van der Waals surface area contributed by atoms with Crippen molar-refractivity contribution in [1.29, 1.82) is 0 Å². The maximum absolute atomic E-state index is 10.4. The van der Waals surface area contributed by atoms with Crippen molar-refractivity contribution in [3.63, 3.8) is 0 Å². The molecule has 1 heterocycles. The smallest absolute Gasteiger partial charge is 0.0912 e. The van der Waals surface area contributed by atoms with Gasteiger partial charge in [-0.3, -0.25) is 4.98 Å². The quantitative estimate of drug-likeness (QED) is 0.702. The van der Waals surface area contributed by atoms with Crippen molar-refractivity contribution in [2.24, 2.45) is 5.73 Å². The van der Waals surface area contributed by atoms with E-state index in [2.05, 4.69) is 4.98 Å². The van der Waals surface area contributed by atoms with Crippen molar-refractivity contribution in [1.82, 2.24) is 4.98 Å². The molecule has 0 amide bonds. The highest BCUT2D eigenvalue weighted by Gasteiger charge is 2.33. The fraction of sp³-hybridized carbons (Fsp3) is 0.545. The largest absolute Gasteiger partial charge is 0.385 e. The highest BCUT2D eigenvalue weighted by atomic mass is 16.3. The van der Waals surface area contributed by atoms with Crippen LogP contribution >= 0.6 is 0 Å². The molecule has 0 aromatic carbocycles. The monoisotopic (exact) mass is 192 g/mol. The van der Waals surface area contributed by atoms with E-state index in [1.54, 1.807) is 12.4 Å². The van der Waals surface area contributed by atoms with Crippen LogP contribution in [-0.4, -0.2) is 16.1 Å². The van der Waals surface area contributed by atoms with Gasteiger partial charge in [0.2, 0.25) is 0 Å². The SMILES string of the molecule is NC1CCC(O)(c2cccnc2)CC1. The summed E-state index contributed by atoms with van der Waals surface area (Å²) in [5, 5.41) is 10.4. The molecule has 1 aromatic heterocycles. The van der Waals surface area contributed by atoms with E-state index in [9.17, 15) is 5.11 Å². The molecule has 0 unspecified atom stereocenters. The number of aliphatic hydroxyl groups is 1. The van der Waals surface area contributed by atoms with Gasteiger partial charge in [0.25, 0.3) is 0 Å². The van der Waals surface area contributed by atoms with Crippen molar-refractivity contribution in [2.45, 2.75) is 37.3 Å². The lowest BCUT2D eigenvalue weighted by atomic mass is 9.78. The minimum atomic E-state index is -0.690. The molecule has 0 radical (unpaired) electrons. The number of hydrogen-bond acceptors (Lipinski definition) is 3. The third-order valence-corrected chi connectivity index (χ3v) is 3.06. The van der Waals surface area contributed by atoms with Crippen molar-refractivity contribution < 1.29 is 5.11 Å². The first kappa shape index (κ1) is 9.62. The minimum Gasteiger partial charge on any atom is -0.385 e. The van der Waals surface area contributed by atoms with E-state index < -0.39 is 5.60 Å². The molecule has 76 valence electrons. The van der Waals surface area contributed by atoms with Crippen LogP contribution in [0, 0.1) is 0 Å². The van der Waals surface area contributed by atoms with Crippen LogP contribution in [0.2, 0.25) is 0 Å². The van der Waals surface area contributed by atoms with Crippen LogP contribution in [-0.2, 0) is 5.60 Å². The van der Waals surface area contributed by atoms with E-state index in [4.69, 9.17) is 5.73 Å². The Kier molecular flexibility index (Phi) is 2.52. The van der Waals surface area contributed by atoms with Crippen molar-refractivity contribution in [3.8, 4) is 0 Å². The molecule has 3 N–H and O–H groups in total. The van der Waals surface area contributed by atoms with Gasteiger partial charge in [0.15, 0.2) is 0 Å². The van der Waals surface area contributed by atoms with Crippen molar-refractivity contribution >= 4 is 0 Å². The Balaban J connectivity index is 2.17. The van der Waals surface area contributed by atoms with Crippen molar-refractivity contribution in [2.75, 3.05) is 0 Å². The molecule has 1 aliphatic carbocycles. The maximum Gasteiger partial charge on any atom is 0.0912 e. The summed E-state index contributed by atoms with van der Waals surface area (Å²) in [4.78, 5) is 4.03. The minimum absolute atomic E-state index is 0.256. The van der Waals surface area contributed by atoms with Crippen LogP contribution in [0.1, 0.15) is 31.2 Å². The number of aromatic nitrogens is 1. The second-order valence-corrected chi connectivity index (χ2v) is 4.11. The molecule has 0 atom stereocenters. The van der Waals surface area contributed by atoms with E-state index in [-0.39, 0.29) is 6.04 Å². The first-order valence-corrected chi connectivity index (χ1v) is 5.09. The molecule has 0 aliphatic heterocycles. The summed E-state index contributed by atoms with van der Waals surface area (Å²) in [5.74, 6) is 0. The first-order valence-electron chi connectivity index (χ1n) is 5.09. The van der Waals surface area contributed by atoms with Gasteiger partial charge in [-0.2, -0.15) is 0 Å². The molecule has 14 heavy (non-hydrogen) atoms. The molecule has 0 bridgehead atoms. The summed E-state index contributed by atoms with van der Waals surface area (Å²) in [6.45, 7) is 0. The van der Waals surface area contributed by atoms with Gasteiger partial charge in [-0.1, -0.05) is 6.07 Å². The van der Waals surface area contributed by atoms with Crippen LogP contribution in [0.25, 0.3) is 0 Å². The predicted molar refractivity (Wildman–Crippen MR) is 54.6 cm³/mol. The highest BCUT2D eigenvalue weighted by molar-refractivity contribution is 5.18. The fourth-order valence-corrected chi connectivity index (χ4v) is 2.04. The molecular weight excluding hydrogens is 176 g/mol. The van der Waals surface area contributed by atoms with E-state index >= 15 is 0 Å². The molecule has 1 fully saturated rings. The normalized spacial score (nSPS) is 32.9. The summed E-state index contributed by atoms with van der Waals surface area (Å²) in [7, 11) is 0. The average Bonchev–Trinajstić information content (AvgIpc) is 2.24. The van der Waals surface area contributed by atoms with Crippen LogP contribution in [0.3, 0.4) is 0 Å². The Morgan fingerprint density at radius 1 is 1.43 bits per heavy atom. The lowest BCUT2D eigenvalue weighted by molar-refractivity contribution is -0.00525. The van der Waals surface area contributed by atoms with E-state index in [0.29, 0.717) is 0 Å². The Morgan fingerprint density at radius 3 is 2.71 bits per heavy atom. The van der Waals surface area contributed by atoms with Crippen LogP contribution < -0.4 is 5.73 Å². The highest BCUT2D eigenvalue weighted by Crippen LogP contribution is 2.35. The molecule has 1 aliphatic rings. The van der Waals surface area contributed by atoms with Gasteiger partial charge in [0.1, 0.15) is 0 Å². The average molecular weight is 192 g/mol. The first-order chi connectivity index (χ1) is 6.71. The zero-order valence-corrected chi connectivity index (χ0v) is 8.19. The van der Waals surface area contributed by atoms with Gasteiger partial charge in [-0.15, -0.1) is 0 Å². The Hall–Kier alpha value is -0.930. The third-order valence-electron chi connectivity index (χ3n) is 3.06. The predicted octanol–water partition coefficient (Wildman–Crippen LogP) is 1.17. The molecule has 1 saturated carbocycles. The molecule has 0 spiro atoms. The third kappa shape index (κ3) is 1.79.